The molecular weight excluding hydrogens is 823 g/mol. The van der Waals surface area contributed by atoms with E-state index in [1.165, 1.54) is 276 Å². The van der Waals surface area contributed by atoms with Crippen molar-refractivity contribution in [3.8, 4) is 0 Å². The van der Waals surface area contributed by atoms with Gasteiger partial charge in [-0.25, -0.2) is 0 Å². The Morgan fingerprint density at radius 3 is 0.940 bits per heavy atom. The van der Waals surface area contributed by atoms with Crippen molar-refractivity contribution in [1.82, 2.24) is 5.32 Å². The highest BCUT2D eigenvalue weighted by molar-refractivity contribution is 5.76. The van der Waals surface area contributed by atoms with E-state index in [0.717, 1.165) is 32.1 Å². The van der Waals surface area contributed by atoms with E-state index in [2.05, 4.69) is 43.5 Å². The van der Waals surface area contributed by atoms with Crippen molar-refractivity contribution in [2.75, 3.05) is 6.61 Å². The summed E-state index contributed by atoms with van der Waals surface area (Å²) in [6.45, 7) is 4.30. The summed E-state index contributed by atoms with van der Waals surface area (Å²) in [5.41, 5.74) is 0. The maximum atomic E-state index is 12.5. The maximum Gasteiger partial charge on any atom is 0.222 e. The van der Waals surface area contributed by atoms with Crippen LogP contribution in [-0.2, 0) is 4.79 Å². The van der Waals surface area contributed by atoms with Gasteiger partial charge in [0.15, 0.2) is 0 Å². The second-order valence-corrected chi connectivity index (χ2v) is 21.3. The molecule has 4 N–H and O–H groups in total. The molecule has 0 spiro atoms. The standard InChI is InChI=1S/C62H121NO4/c1-3-5-7-9-11-13-15-17-19-21-22-23-24-25-26-27-28-29-30-31-32-33-34-35-36-37-38-40-41-43-45-47-49-51-53-55-59(65)57-62(67)63-60(58-64)61(66)56-54-52-50-48-46-44-42-39-20-18-16-14-12-10-8-6-4-2/h26-27,29-30,59-61,64-66H,3-25,28,31-58H2,1-2H3,(H,63,67)/b27-26-,30-29-. The summed E-state index contributed by atoms with van der Waals surface area (Å²) >= 11 is 0. The molecule has 1 amide bonds. The molecule has 0 aromatic carbocycles. The van der Waals surface area contributed by atoms with Gasteiger partial charge in [0.2, 0.25) is 5.91 Å². The van der Waals surface area contributed by atoms with Crippen LogP contribution in [0.15, 0.2) is 24.3 Å². The molecule has 0 radical (unpaired) electrons. The first-order valence-corrected chi connectivity index (χ1v) is 30.6. The van der Waals surface area contributed by atoms with Crippen molar-refractivity contribution in [3.63, 3.8) is 0 Å². The van der Waals surface area contributed by atoms with Crippen molar-refractivity contribution >= 4 is 5.91 Å². The van der Waals surface area contributed by atoms with Crippen LogP contribution in [0, 0.1) is 0 Å². The molecule has 0 bridgehead atoms. The fourth-order valence-electron chi connectivity index (χ4n) is 9.85. The Bertz CT molecular complexity index is 998. The van der Waals surface area contributed by atoms with Crippen LogP contribution < -0.4 is 5.32 Å². The summed E-state index contributed by atoms with van der Waals surface area (Å²) in [4.78, 5) is 12.5. The SMILES string of the molecule is CCCCCCCCCCCCCCC/C=C\C/C=C\CCCCCCCCCCCCCCCCCC(O)CC(=O)NC(CO)C(O)CCCCCCCCCCCCCCCCCCC. The molecule has 0 saturated heterocycles. The molecule has 0 heterocycles. The first-order chi connectivity index (χ1) is 33.0. The van der Waals surface area contributed by atoms with Crippen molar-refractivity contribution in [3.05, 3.63) is 24.3 Å². The zero-order chi connectivity index (χ0) is 48.6. The predicted molar refractivity (Wildman–Crippen MR) is 296 cm³/mol. The lowest BCUT2D eigenvalue weighted by Crippen LogP contribution is -2.46. The zero-order valence-corrected chi connectivity index (χ0v) is 45.6. The lowest BCUT2D eigenvalue weighted by Gasteiger charge is -2.23. The summed E-state index contributed by atoms with van der Waals surface area (Å²) < 4.78 is 0. The number of hydrogen-bond acceptors (Lipinski definition) is 4. The van der Waals surface area contributed by atoms with E-state index in [1.54, 1.807) is 0 Å². The van der Waals surface area contributed by atoms with E-state index < -0.39 is 18.2 Å². The number of amides is 1. The highest BCUT2D eigenvalue weighted by atomic mass is 16.3. The summed E-state index contributed by atoms with van der Waals surface area (Å²) in [5.74, 6) is -0.278. The van der Waals surface area contributed by atoms with Gasteiger partial charge in [-0.15, -0.1) is 0 Å². The summed E-state index contributed by atoms with van der Waals surface area (Å²) in [6.07, 6.45) is 73.6. The molecule has 0 aliphatic heterocycles. The molecule has 0 rings (SSSR count). The monoisotopic (exact) mass is 944 g/mol. The van der Waals surface area contributed by atoms with Crippen LogP contribution in [0.1, 0.15) is 341 Å². The maximum absolute atomic E-state index is 12.5. The molecule has 0 aliphatic rings. The number of carbonyl (C=O) groups is 1. The summed E-state index contributed by atoms with van der Waals surface area (Å²) in [6, 6.07) is -0.657. The largest absolute Gasteiger partial charge is 0.394 e. The van der Waals surface area contributed by atoms with E-state index >= 15 is 0 Å². The molecule has 0 saturated carbocycles. The van der Waals surface area contributed by atoms with Crippen LogP contribution in [0.3, 0.4) is 0 Å². The van der Waals surface area contributed by atoms with Gasteiger partial charge in [0.05, 0.1) is 31.3 Å². The van der Waals surface area contributed by atoms with Gasteiger partial charge in [-0.2, -0.15) is 0 Å². The lowest BCUT2D eigenvalue weighted by molar-refractivity contribution is -0.125. The average molecular weight is 945 g/mol. The highest BCUT2D eigenvalue weighted by Crippen LogP contribution is 2.18. The van der Waals surface area contributed by atoms with Gasteiger partial charge in [0.1, 0.15) is 0 Å². The highest BCUT2D eigenvalue weighted by Gasteiger charge is 2.21. The molecule has 67 heavy (non-hydrogen) atoms. The fourth-order valence-corrected chi connectivity index (χ4v) is 9.85. The number of hydrogen-bond donors (Lipinski definition) is 4. The van der Waals surface area contributed by atoms with Crippen LogP contribution in [-0.4, -0.2) is 46.1 Å². The number of aliphatic hydroxyl groups is 3. The minimum atomic E-state index is -0.748. The van der Waals surface area contributed by atoms with Crippen LogP contribution in [0.5, 0.6) is 0 Å². The number of carbonyl (C=O) groups excluding carboxylic acids is 1. The molecule has 3 unspecified atom stereocenters. The van der Waals surface area contributed by atoms with Gasteiger partial charge >= 0.3 is 0 Å². The number of nitrogens with one attached hydrogen (secondary N) is 1. The Kier molecular flexibility index (Phi) is 56.4. The molecule has 5 nitrogen and oxygen atoms in total. The van der Waals surface area contributed by atoms with E-state index in [4.69, 9.17) is 0 Å². The van der Waals surface area contributed by atoms with Crippen molar-refractivity contribution < 1.29 is 20.1 Å². The van der Waals surface area contributed by atoms with E-state index in [-0.39, 0.29) is 18.9 Å². The lowest BCUT2D eigenvalue weighted by atomic mass is 10.0. The average Bonchev–Trinajstić information content (AvgIpc) is 3.32. The number of allylic oxidation sites excluding steroid dienone is 4. The summed E-state index contributed by atoms with van der Waals surface area (Å²) in [7, 11) is 0. The van der Waals surface area contributed by atoms with Crippen molar-refractivity contribution in [2.24, 2.45) is 0 Å². The van der Waals surface area contributed by atoms with E-state index in [0.29, 0.717) is 12.8 Å². The van der Waals surface area contributed by atoms with Crippen LogP contribution in [0.25, 0.3) is 0 Å². The molecule has 0 aromatic heterocycles. The Balaban J connectivity index is 3.47. The molecular formula is C62H121NO4. The molecule has 0 aliphatic carbocycles. The fraction of sp³-hybridized carbons (Fsp3) is 0.919. The smallest absolute Gasteiger partial charge is 0.222 e. The molecule has 5 heteroatoms. The van der Waals surface area contributed by atoms with Crippen molar-refractivity contribution in [2.45, 2.75) is 360 Å². The Morgan fingerprint density at radius 2 is 0.642 bits per heavy atom. The number of unbranched alkanes of at least 4 members (excludes halogenated alkanes) is 44. The third-order valence-corrected chi connectivity index (χ3v) is 14.5. The number of rotatable bonds is 57. The predicted octanol–water partition coefficient (Wildman–Crippen LogP) is 19.2. The summed E-state index contributed by atoms with van der Waals surface area (Å²) in [5, 5.41) is 33.7. The minimum absolute atomic E-state index is 0.0395. The normalized spacial score (nSPS) is 13.3. The molecule has 0 fully saturated rings. The first-order valence-electron chi connectivity index (χ1n) is 30.6. The second-order valence-electron chi connectivity index (χ2n) is 21.3. The van der Waals surface area contributed by atoms with Gasteiger partial charge in [0.25, 0.3) is 0 Å². The van der Waals surface area contributed by atoms with Gasteiger partial charge in [-0.3, -0.25) is 4.79 Å². The van der Waals surface area contributed by atoms with E-state index in [9.17, 15) is 20.1 Å². The quantitative estimate of drug-likeness (QED) is 0.0361. The van der Waals surface area contributed by atoms with Gasteiger partial charge in [-0.05, 0) is 44.9 Å². The van der Waals surface area contributed by atoms with Crippen LogP contribution >= 0.6 is 0 Å². The second kappa shape index (κ2) is 57.4. The number of aliphatic hydroxyl groups excluding tert-OH is 3. The van der Waals surface area contributed by atoms with Crippen molar-refractivity contribution in [1.29, 1.82) is 0 Å². The Labute approximate surface area is 420 Å². The first kappa shape index (κ1) is 65.8. The Hall–Kier alpha value is -1.17. The topological polar surface area (TPSA) is 89.8 Å². The third kappa shape index (κ3) is 54.0. The Morgan fingerprint density at radius 1 is 0.373 bits per heavy atom. The molecule has 0 aromatic rings. The van der Waals surface area contributed by atoms with Gasteiger partial charge in [-0.1, -0.05) is 314 Å². The van der Waals surface area contributed by atoms with Crippen LogP contribution in [0.4, 0.5) is 0 Å². The zero-order valence-electron chi connectivity index (χ0n) is 45.6. The van der Waals surface area contributed by atoms with Crippen LogP contribution in [0.2, 0.25) is 0 Å². The third-order valence-electron chi connectivity index (χ3n) is 14.5. The van der Waals surface area contributed by atoms with Gasteiger partial charge < -0.3 is 20.6 Å². The van der Waals surface area contributed by atoms with E-state index in [1.807, 2.05) is 0 Å². The van der Waals surface area contributed by atoms with Gasteiger partial charge in [0, 0.05) is 0 Å². The molecule has 3 atom stereocenters. The minimum Gasteiger partial charge on any atom is -0.394 e. The molecule has 398 valence electrons.